The maximum Gasteiger partial charge on any atom is 0.220 e. The van der Waals surface area contributed by atoms with E-state index >= 15 is 0 Å². The summed E-state index contributed by atoms with van der Waals surface area (Å²) in [5.74, 6) is -0.662. The minimum Gasteiger partial charge on any atom is -0.369 e. The lowest BCUT2D eigenvalue weighted by molar-refractivity contribution is -0.128. The third kappa shape index (κ3) is 2.20. The molecule has 0 aromatic rings. The molecule has 0 saturated heterocycles. The summed E-state index contributed by atoms with van der Waals surface area (Å²) in [4.78, 5) is 21.9. The van der Waals surface area contributed by atoms with Gasteiger partial charge >= 0.3 is 0 Å². The molecular weight excluding hydrogens is 168 g/mol. The maximum atomic E-state index is 11.0. The van der Waals surface area contributed by atoms with Gasteiger partial charge in [-0.25, -0.2) is 0 Å². The van der Waals surface area contributed by atoms with E-state index < -0.39 is 0 Å². The molecule has 74 valence electrons. The minimum atomic E-state index is -0.307. The van der Waals surface area contributed by atoms with E-state index in [1.54, 1.807) is 0 Å². The lowest BCUT2D eigenvalue weighted by atomic mass is 9.74. The zero-order chi connectivity index (χ0) is 10.0. The first kappa shape index (κ1) is 10.0. The number of hydrogen-bond donors (Lipinski definition) is 2. The first-order chi connectivity index (χ1) is 6.02. The largest absolute Gasteiger partial charge is 0.369 e. The Labute approximate surface area is 77.7 Å². The molecular formula is C9H16N2O2. The fourth-order valence-electron chi connectivity index (χ4n) is 1.98. The first-order valence-corrected chi connectivity index (χ1v) is 4.61. The molecule has 1 saturated carbocycles. The SMILES string of the molecule is CC1CCC(C(N)=O)CC1C(N)=O. The molecule has 0 aromatic heterocycles. The molecule has 4 heteroatoms. The summed E-state index contributed by atoms with van der Waals surface area (Å²) in [6, 6.07) is 0. The molecule has 0 bridgehead atoms. The third-order valence-electron chi connectivity index (χ3n) is 2.96. The van der Waals surface area contributed by atoms with Crippen molar-refractivity contribution in [1.29, 1.82) is 0 Å². The number of carbonyl (C=O) groups excluding carboxylic acids is 2. The molecule has 0 aliphatic heterocycles. The molecule has 3 unspecified atom stereocenters. The number of amides is 2. The zero-order valence-electron chi connectivity index (χ0n) is 7.82. The van der Waals surface area contributed by atoms with Crippen molar-refractivity contribution in [1.82, 2.24) is 0 Å². The van der Waals surface area contributed by atoms with Crippen LogP contribution in [0.1, 0.15) is 26.2 Å². The molecule has 1 rings (SSSR count). The molecule has 13 heavy (non-hydrogen) atoms. The molecule has 0 spiro atoms. The van der Waals surface area contributed by atoms with Crippen molar-refractivity contribution in [3.63, 3.8) is 0 Å². The Hall–Kier alpha value is -1.06. The Balaban J connectivity index is 2.63. The summed E-state index contributed by atoms with van der Waals surface area (Å²) in [6.07, 6.45) is 2.19. The summed E-state index contributed by atoms with van der Waals surface area (Å²) < 4.78 is 0. The van der Waals surface area contributed by atoms with Crippen LogP contribution in [-0.2, 0) is 9.59 Å². The predicted octanol–water partition coefficient (Wildman–Crippen LogP) is 0.00940. The van der Waals surface area contributed by atoms with Crippen LogP contribution in [0.5, 0.6) is 0 Å². The van der Waals surface area contributed by atoms with E-state index in [1.807, 2.05) is 6.92 Å². The Kier molecular flexibility index (Phi) is 2.90. The average molecular weight is 184 g/mol. The summed E-state index contributed by atoms with van der Waals surface area (Å²) in [5.41, 5.74) is 10.4. The molecule has 2 amide bonds. The number of nitrogens with two attached hydrogens (primary N) is 2. The topological polar surface area (TPSA) is 86.2 Å². The van der Waals surface area contributed by atoms with Crippen molar-refractivity contribution in [2.24, 2.45) is 29.2 Å². The molecule has 1 aliphatic carbocycles. The lowest BCUT2D eigenvalue weighted by Gasteiger charge is -2.30. The summed E-state index contributed by atoms with van der Waals surface area (Å²) >= 11 is 0. The van der Waals surface area contributed by atoms with Crippen LogP contribution in [0, 0.1) is 17.8 Å². The Morgan fingerprint density at radius 3 is 2.23 bits per heavy atom. The molecule has 4 nitrogen and oxygen atoms in total. The van der Waals surface area contributed by atoms with Gasteiger partial charge in [0.15, 0.2) is 0 Å². The van der Waals surface area contributed by atoms with Crippen LogP contribution in [-0.4, -0.2) is 11.8 Å². The first-order valence-electron chi connectivity index (χ1n) is 4.61. The van der Waals surface area contributed by atoms with E-state index in [-0.39, 0.29) is 29.6 Å². The van der Waals surface area contributed by atoms with Crippen molar-refractivity contribution in [2.75, 3.05) is 0 Å². The summed E-state index contributed by atoms with van der Waals surface area (Å²) in [7, 11) is 0. The van der Waals surface area contributed by atoms with Crippen LogP contribution < -0.4 is 11.5 Å². The van der Waals surface area contributed by atoms with Gasteiger partial charge in [-0.15, -0.1) is 0 Å². The van der Waals surface area contributed by atoms with Crippen molar-refractivity contribution in [2.45, 2.75) is 26.2 Å². The van der Waals surface area contributed by atoms with Gasteiger partial charge in [-0.3, -0.25) is 9.59 Å². The van der Waals surface area contributed by atoms with Crippen molar-refractivity contribution >= 4 is 11.8 Å². The monoisotopic (exact) mass is 184 g/mol. The quantitative estimate of drug-likeness (QED) is 0.633. The maximum absolute atomic E-state index is 11.0. The van der Waals surface area contributed by atoms with Crippen LogP contribution in [0.3, 0.4) is 0 Å². The highest BCUT2D eigenvalue weighted by Gasteiger charge is 2.33. The van der Waals surface area contributed by atoms with Gasteiger partial charge in [0.25, 0.3) is 0 Å². The highest BCUT2D eigenvalue weighted by atomic mass is 16.1. The number of carbonyl (C=O) groups is 2. The van der Waals surface area contributed by atoms with E-state index in [2.05, 4.69) is 0 Å². The van der Waals surface area contributed by atoms with Crippen LogP contribution in [0.2, 0.25) is 0 Å². The van der Waals surface area contributed by atoms with Gasteiger partial charge in [0.1, 0.15) is 0 Å². The third-order valence-corrected chi connectivity index (χ3v) is 2.96. The van der Waals surface area contributed by atoms with Crippen LogP contribution in [0.25, 0.3) is 0 Å². The van der Waals surface area contributed by atoms with Gasteiger partial charge in [-0.2, -0.15) is 0 Å². The molecule has 1 aliphatic rings. The number of primary amides is 2. The second-order valence-electron chi connectivity index (χ2n) is 3.90. The van der Waals surface area contributed by atoms with Crippen LogP contribution in [0.15, 0.2) is 0 Å². The fraction of sp³-hybridized carbons (Fsp3) is 0.778. The van der Waals surface area contributed by atoms with Gasteiger partial charge < -0.3 is 11.5 Å². The van der Waals surface area contributed by atoms with Crippen molar-refractivity contribution in [3.05, 3.63) is 0 Å². The second-order valence-corrected chi connectivity index (χ2v) is 3.90. The number of hydrogen-bond acceptors (Lipinski definition) is 2. The normalized spacial score (nSPS) is 34.1. The smallest absolute Gasteiger partial charge is 0.220 e. The van der Waals surface area contributed by atoms with Gasteiger partial charge in [0, 0.05) is 11.8 Å². The molecule has 0 heterocycles. The molecule has 0 aromatic carbocycles. The standard InChI is InChI=1S/C9H16N2O2/c1-5-2-3-6(8(10)12)4-7(5)9(11)13/h5-7H,2-4H2,1H3,(H2,10,12)(H2,11,13). The van der Waals surface area contributed by atoms with E-state index in [0.717, 1.165) is 12.8 Å². The Morgan fingerprint density at radius 2 is 1.77 bits per heavy atom. The Bertz CT molecular complexity index is 228. The van der Waals surface area contributed by atoms with E-state index in [1.165, 1.54) is 0 Å². The second kappa shape index (κ2) is 3.77. The Morgan fingerprint density at radius 1 is 1.15 bits per heavy atom. The highest BCUT2D eigenvalue weighted by Crippen LogP contribution is 2.33. The molecule has 0 radical (unpaired) electrons. The van der Waals surface area contributed by atoms with E-state index in [0.29, 0.717) is 6.42 Å². The molecule has 4 N–H and O–H groups in total. The summed E-state index contributed by atoms with van der Waals surface area (Å²) in [6.45, 7) is 1.99. The highest BCUT2D eigenvalue weighted by molar-refractivity contribution is 5.80. The zero-order valence-corrected chi connectivity index (χ0v) is 7.82. The van der Waals surface area contributed by atoms with E-state index in [4.69, 9.17) is 11.5 Å². The van der Waals surface area contributed by atoms with Gasteiger partial charge in [0.2, 0.25) is 11.8 Å². The van der Waals surface area contributed by atoms with Gasteiger partial charge in [-0.05, 0) is 25.2 Å². The van der Waals surface area contributed by atoms with Crippen LogP contribution >= 0.6 is 0 Å². The average Bonchev–Trinajstić information content (AvgIpc) is 2.04. The number of rotatable bonds is 2. The van der Waals surface area contributed by atoms with Crippen LogP contribution in [0.4, 0.5) is 0 Å². The minimum absolute atomic E-state index is 0.159. The van der Waals surface area contributed by atoms with E-state index in [9.17, 15) is 9.59 Å². The van der Waals surface area contributed by atoms with Crippen molar-refractivity contribution in [3.8, 4) is 0 Å². The van der Waals surface area contributed by atoms with Crippen molar-refractivity contribution < 1.29 is 9.59 Å². The predicted molar refractivity (Wildman–Crippen MR) is 48.4 cm³/mol. The van der Waals surface area contributed by atoms with Gasteiger partial charge in [-0.1, -0.05) is 6.92 Å². The van der Waals surface area contributed by atoms with Gasteiger partial charge in [0.05, 0.1) is 0 Å². The fourth-order valence-corrected chi connectivity index (χ4v) is 1.98. The molecule has 1 fully saturated rings. The molecule has 3 atom stereocenters. The summed E-state index contributed by atoms with van der Waals surface area (Å²) in [5, 5.41) is 0. The lowest BCUT2D eigenvalue weighted by Crippen LogP contribution is -2.38.